The Balaban J connectivity index is 1.43. The first-order valence-corrected chi connectivity index (χ1v) is 10.8. The number of benzene rings is 2. The van der Waals surface area contributed by atoms with Crippen LogP contribution >= 0.6 is 0 Å². The molecule has 0 saturated carbocycles. The first-order chi connectivity index (χ1) is 16.1. The summed E-state index contributed by atoms with van der Waals surface area (Å²) in [5, 5.41) is 4.02. The third kappa shape index (κ3) is 4.31. The van der Waals surface area contributed by atoms with Gasteiger partial charge in [0.05, 0.1) is 29.3 Å². The highest BCUT2D eigenvalue weighted by molar-refractivity contribution is 5.94. The van der Waals surface area contributed by atoms with Crippen LogP contribution in [0.15, 0.2) is 79.4 Å². The molecule has 5 aromatic rings. The van der Waals surface area contributed by atoms with Crippen LogP contribution in [-0.4, -0.2) is 57.3 Å². The lowest BCUT2D eigenvalue weighted by Gasteiger charge is -2.10. The zero-order valence-corrected chi connectivity index (χ0v) is 18.6. The van der Waals surface area contributed by atoms with Crippen molar-refractivity contribution < 1.29 is 4.79 Å². The van der Waals surface area contributed by atoms with Gasteiger partial charge in [-0.25, -0.2) is 4.98 Å². The summed E-state index contributed by atoms with van der Waals surface area (Å²) >= 11 is 0. The summed E-state index contributed by atoms with van der Waals surface area (Å²) in [5.41, 5.74) is 6.15. The van der Waals surface area contributed by atoms with Crippen LogP contribution in [0.5, 0.6) is 0 Å². The van der Waals surface area contributed by atoms with Gasteiger partial charge < -0.3 is 10.2 Å². The second kappa shape index (κ2) is 8.80. The predicted octanol–water partition coefficient (Wildman–Crippen LogP) is 3.90. The highest BCUT2D eigenvalue weighted by Gasteiger charge is 2.11. The van der Waals surface area contributed by atoms with Crippen molar-refractivity contribution >= 4 is 22.5 Å². The van der Waals surface area contributed by atoms with Crippen molar-refractivity contribution in [3.63, 3.8) is 0 Å². The SMILES string of the molecule is CN(C)CCNC(=O)c1ccc(-c2cn3c(-c4ccc5ncccc5c4)cnc3cn2)cc1. The fraction of sp³-hybridized carbons (Fsp3) is 0.154. The van der Waals surface area contributed by atoms with E-state index < -0.39 is 0 Å². The van der Waals surface area contributed by atoms with E-state index in [-0.39, 0.29) is 5.91 Å². The minimum Gasteiger partial charge on any atom is -0.351 e. The van der Waals surface area contributed by atoms with Crippen molar-refractivity contribution in [2.45, 2.75) is 0 Å². The van der Waals surface area contributed by atoms with Crippen LogP contribution in [0.4, 0.5) is 0 Å². The summed E-state index contributed by atoms with van der Waals surface area (Å²) < 4.78 is 2.04. The van der Waals surface area contributed by atoms with Crippen LogP contribution in [0.2, 0.25) is 0 Å². The molecule has 0 aliphatic carbocycles. The number of likely N-dealkylation sites (N-methyl/N-ethyl adjacent to an activating group) is 1. The molecule has 0 unspecified atom stereocenters. The van der Waals surface area contributed by atoms with Gasteiger partial charge in [0.25, 0.3) is 5.91 Å². The molecule has 0 saturated heterocycles. The molecule has 0 aliphatic heterocycles. The summed E-state index contributed by atoms with van der Waals surface area (Å²) in [6.45, 7) is 1.41. The third-order valence-electron chi connectivity index (χ3n) is 5.58. The molecule has 0 bridgehead atoms. The minimum absolute atomic E-state index is 0.0745. The normalized spacial score (nSPS) is 11.4. The molecule has 3 aromatic heterocycles. The molecule has 2 aromatic carbocycles. The van der Waals surface area contributed by atoms with E-state index in [1.165, 1.54) is 0 Å². The molecule has 7 nitrogen and oxygen atoms in total. The van der Waals surface area contributed by atoms with Crippen molar-refractivity contribution in [3.8, 4) is 22.5 Å². The number of carbonyl (C=O) groups excluding carboxylic acids is 1. The fourth-order valence-electron chi connectivity index (χ4n) is 3.77. The summed E-state index contributed by atoms with van der Waals surface area (Å²) in [4.78, 5) is 27.9. The molecule has 0 aliphatic rings. The molecule has 1 amide bonds. The highest BCUT2D eigenvalue weighted by Crippen LogP contribution is 2.26. The van der Waals surface area contributed by atoms with E-state index in [0.29, 0.717) is 12.1 Å². The largest absolute Gasteiger partial charge is 0.351 e. The second-order valence-electron chi connectivity index (χ2n) is 8.19. The number of hydrogen-bond acceptors (Lipinski definition) is 5. The van der Waals surface area contributed by atoms with Crippen molar-refractivity contribution in [1.82, 2.24) is 29.6 Å². The number of amides is 1. The summed E-state index contributed by atoms with van der Waals surface area (Å²) in [5.74, 6) is -0.0745. The molecule has 0 atom stereocenters. The third-order valence-corrected chi connectivity index (χ3v) is 5.58. The number of nitrogens with one attached hydrogen (secondary N) is 1. The Bertz CT molecular complexity index is 1440. The Labute approximate surface area is 191 Å². The van der Waals surface area contributed by atoms with Crippen molar-refractivity contribution in [1.29, 1.82) is 0 Å². The van der Waals surface area contributed by atoms with E-state index in [1.807, 2.05) is 72.2 Å². The Kier molecular flexibility index (Phi) is 5.54. The first-order valence-electron chi connectivity index (χ1n) is 10.8. The molecule has 164 valence electrons. The topological polar surface area (TPSA) is 75.4 Å². The van der Waals surface area contributed by atoms with Crippen molar-refractivity contribution in [2.75, 3.05) is 27.2 Å². The smallest absolute Gasteiger partial charge is 0.251 e. The van der Waals surface area contributed by atoms with E-state index in [2.05, 4.69) is 38.5 Å². The summed E-state index contributed by atoms with van der Waals surface area (Å²) in [6.07, 6.45) is 7.41. The van der Waals surface area contributed by atoms with Gasteiger partial charge in [-0.3, -0.25) is 19.2 Å². The Hall–Kier alpha value is -4.10. The molecule has 0 fully saturated rings. The van der Waals surface area contributed by atoms with Gasteiger partial charge in [0, 0.05) is 47.6 Å². The van der Waals surface area contributed by atoms with Gasteiger partial charge >= 0.3 is 0 Å². The number of aromatic nitrogens is 4. The number of pyridine rings is 1. The standard InChI is InChI=1S/C26H24N6O/c1-31(2)13-12-28-26(33)19-7-5-18(6-8-19)23-17-32-24(15-30-25(32)16-29-23)21-9-10-22-20(14-21)4-3-11-27-22/h3-11,14-17H,12-13H2,1-2H3,(H,28,33). The van der Waals surface area contributed by atoms with E-state index >= 15 is 0 Å². The first kappa shape index (κ1) is 20.8. The van der Waals surface area contributed by atoms with Gasteiger partial charge in [0.15, 0.2) is 5.65 Å². The average Bonchev–Trinajstić information content (AvgIpc) is 3.27. The molecule has 3 heterocycles. The Morgan fingerprint density at radius 1 is 0.970 bits per heavy atom. The molecular formula is C26H24N6O. The van der Waals surface area contributed by atoms with E-state index in [1.54, 1.807) is 12.4 Å². The van der Waals surface area contributed by atoms with Crippen LogP contribution < -0.4 is 5.32 Å². The fourth-order valence-corrected chi connectivity index (χ4v) is 3.77. The van der Waals surface area contributed by atoms with E-state index in [4.69, 9.17) is 0 Å². The van der Waals surface area contributed by atoms with Gasteiger partial charge in [0.1, 0.15) is 0 Å². The lowest BCUT2D eigenvalue weighted by atomic mass is 10.1. The zero-order valence-electron chi connectivity index (χ0n) is 18.6. The maximum atomic E-state index is 12.3. The number of hydrogen-bond donors (Lipinski definition) is 1. The summed E-state index contributed by atoms with van der Waals surface area (Å²) in [6, 6.07) is 17.7. The number of nitrogens with zero attached hydrogens (tertiary/aromatic N) is 5. The van der Waals surface area contributed by atoms with Gasteiger partial charge in [-0.05, 0) is 44.4 Å². The predicted molar refractivity (Wildman–Crippen MR) is 130 cm³/mol. The Morgan fingerprint density at radius 2 is 1.79 bits per heavy atom. The van der Waals surface area contributed by atoms with Crippen LogP contribution in [-0.2, 0) is 0 Å². The molecule has 33 heavy (non-hydrogen) atoms. The lowest BCUT2D eigenvalue weighted by Crippen LogP contribution is -2.31. The van der Waals surface area contributed by atoms with Crippen molar-refractivity contribution in [3.05, 3.63) is 84.9 Å². The van der Waals surface area contributed by atoms with Gasteiger partial charge in [-0.1, -0.05) is 24.3 Å². The highest BCUT2D eigenvalue weighted by atomic mass is 16.1. The molecule has 0 spiro atoms. The second-order valence-corrected chi connectivity index (χ2v) is 8.19. The number of rotatable bonds is 6. The summed E-state index contributed by atoms with van der Waals surface area (Å²) in [7, 11) is 3.96. The van der Waals surface area contributed by atoms with E-state index in [0.717, 1.165) is 45.6 Å². The zero-order chi connectivity index (χ0) is 22.8. The molecular weight excluding hydrogens is 412 g/mol. The van der Waals surface area contributed by atoms with Crippen LogP contribution in [0.1, 0.15) is 10.4 Å². The quantitative estimate of drug-likeness (QED) is 0.437. The molecule has 5 rings (SSSR count). The maximum Gasteiger partial charge on any atom is 0.251 e. The monoisotopic (exact) mass is 436 g/mol. The van der Waals surface area contributed by atoms with Crippen LogP contribution in [0, 0.1) is 0 Å². The molecule has 1 N–H and O–H groups in total. The lowest BCUT2D eigenvalue weighted by molar-refractivity contribution is 0.0951. The van der Waals surface area contributed by atoms with Gasteiger partial charge in [0.2, 0.25) is 0 Å². The Morgan fingerprint density at radius 3 is 2.61 bits per heavy atom. The molecule has 7 heteroatoms. The number of carbonyl (C=O) groups is 1. The maximum absolute atomic E-state index is 12.3. The van der Waals surface area contributed by atoms with Crippen LogP contribution in [0.25, 0.3) is 39.1 Å². The average molecular weight is 437 g/mol. The number of imidazole rings is 1. The van der Waals surface area contributed by atoms with Crippen LogP contribution in [0.3, 0.4) is 0 Å². The molecule has 0 radical (unpaired) electrons. The van der Waals surface area contributed by atoms with Gasteiger partial charge in [-0.15, -0.1) is 0 Å². The van der Waals surface area contributed by atoms with E-state index in [9.17, 15) is 4.79 Å². The van der Waals surface area contributed by atoms with Gasteiger partial charge in [-0.2, -0.15) is 0 Å². The number of fused-ring (bicyclic) bond motifs is 2. The minimum atomic E-state index is -0.0745. The van der Waals surface area contributed by atoms with Crippen molar-refractivity contribution in [2.24, 2.45) is 0 Å².